The van der Waals surface area contributed by atoms with Crippen LogP contribution in [0.4, 0.5) is 8.78 Å². The minimum atomic E-state index is -0.910. The van der Waals surface area contributed by atoms with Gasteiger partial charge in [0.2, 0.25) is 0 Å². The highest BCUT2D eigenvalue weighted by atomic mass is 19.2. The zero-order valence-electron chi connectivity index (χ0n) is 10.8. The number of hydrogen-bond acceptors (Lipinski definition) is 1. The van der Waals surface area contributed by atoms with Gasteiger partial charge in [-0.1, -0.05) is 24.3 Å². The lowest BCUT2D eigenvalue weighted by Gasteiger charge is -2.05. The summed E-state index contributed by atoms with van der Waals surface area (Å²) in [6.07, 6.45) is 0. The number of fused-ring (bicyclic) bond motifs is 1. The molecule has 0 unspecified atom stereocenters. The van der Waals surface area contributed by atoms with Crippen LogP contribution in [0.3, 0.4) is 0 Å². The second-order valence-corrected chi connectivity index (χ2v) is 4.63. The quantitative estimate of drug-likeness (QED) is 0.705. The van der Waals surface area contributed by atoms with E-state index >= 15 is 0 Å². The van der Waals surface area contributed by atoms with E-state index in [0.29, 0.717) is 5.52 Å². The predicted molar refractivity (Wildman–Crippen MR) is 72.6 cm³/mol. The molecule has 0 saturated carbocycles. The van der Waals surface area contributed by atoms with E-state index in [9.17, 15) is 13.6 Å². The van der Waals surface area contributed by atoms with Crippen molar-refractivity contribution in [2.24, 2.45) is 7.05 Å². The van der Waals surface area contributed by atoms with Crippen LogP contribution in [-0.2, 0) is 13.6 Å². The maximum atomic E-state index is 13.7. The molecule has 102 valence electrons. The van der Waals surface area contributed by atoms with Crippen LogP contribution in [0.5, 0.6) is 0 Å². The van der Waals surface area contributed by atoms with Crippen molar-refractivity contribution in [1.29, 1.82) is 0 Å². The normalized spacial score (nSPS) is 11.2. The third-order valence-corrected chi connectivity index (χ3v) is 3.41. The SMILES string of the molecule is Cn1c(=O)n(Cc2cccc(F)c2F)c2ccccc21. The fraction of sp³-hybridized carbons (Fsp3) is 0.133. The summed E-state index contributed by atoms with van der Waals surface area (Å²) >= 11 is 0. The Morgan fingerprint density at radius 3 is 2.45 bits per heavy atom. The summed E-state index contributed by atoms with van der Waals surface area (Å²) in [6, 6.07) is 11.2. The lowest BCUT2D eigenvalue weighted by molar-refractivity contribution is 0.495. The summed E-state index contributed by atoms with van der Waals surface area (Å²) in [5.41, 5.74) is 1.36. The van der Waals surface area contributed by atoms with E-state index in [1.807, 2.05) is 12.1 Å². The smallest absolute Gasteiger partial charge is 0.295 e. The molecule has 0 spiro atoms. The number of para-hydroxylation sites is 2. The maximum Gasteiger partial charge on any atom is 0.329 e. The number of halogens is 2. The molecular weight excluding hydrogens is 262 g/mol. The summed E-state index contributed by atoms with van der Waals surface area (Å²) < 4.78 is 29.9. The van der Waals surface area contributed by atoms with Crippen LogP contribution >= 0.6 is 0 Å². The monoisotopic (exact) mass is 274 g/mol. The molecule has 2 aromatic carbocycles. The Bertz CT molecular complexity index is 849. The molecule has 20 heavy (non-hydrogen) atoms. The van der Waals surface area contributed by atoms with Gasteiger partial charge >= 0.3 is 5.69 Å². The first-order valence-corrected chi connectivity index (χ1v) is 6.16. The molecule has 0 bridgehead atoms. The zero-order valence-corrected chi connectivity index (χ0v) is 10.8. The van der Waals surface area contributed by atoms with E-state index in [0.717, 1.165) is 11.6 Å². The fourth-order valence-electron chi connectivity index (χ4n) is 2.36. The van der Waals surface area contributed by atoms with Crippen molar-refractivity contribution in [2.45, 2.75) is 6.54 Å². The van der Waals surface area contributed by atoms with Crippen LogP contribution in [0.1, 0.15) is 5.56 Å². The minimum Gasteiger partial charge on any atom is -0.295 e. The number of benzene rings is 2. The first kappa shape index (κ1) is 12.6. The second-order valence-electron chi connectivity index (χ2n) is 4.63. The van der Waals surface area contributed by atoms with E-state index in [1.54, 1.807) is 19.2 Å². The topological polar surface area (TPSA) is 26.9 Å². The van der Waals surface area contributed by atoms with Gasteiger partial charge in [0.15, 0.2) is 11.6 Å². The number of nitrogens with zero attached hydrogens (tertiary/aromatic N) is 2. The predicted octanol–water partition coefficient (Wildman–Crippen LogP) is 2.67. The molecule has 0 atom stereocenters. The van der Waals surface area contributed by atoms with Crippen molar-refractivity contribution in [1.82, 2.24) is 9.13 Å². The average Bonchev–Trinajstić information content (AvgIpc) is 2.69. The summed E-state index contributed by atoms with van der Waals surface area (Å²) in [6.45, 7) is 0.00375. The number of rotatable bonds is 2. The molecule has 0 radical (unpaired) electrons. The molecule has 0 fully saturated rings. The third-order valence-electron chi connectivity index (χ3n) is 3.41. The van der Waals surface area contributed by atoms with Gasteiger partial charge in [-0.15, -0.1) is 0 Å². The largest absolute Gasteiger partial charge is 0.329 e. The van der Waals surface area contributed by atoms with Gasteiger partial charge < -0.3 is 0 Å². The molecule has 5 heteroatoms. The van der Waals surface area contributed by atoms with Gasteiger partial charge in [0.25, 0.3) is 0 Å². The summed E-state index contributed by atoms with van der Waals surface area (Å²) in [5, 5.41) is 0. The standard InChI is InChI=1S/C15H12F2N2O/c1-18-12-7-2-3-8-13(12)19(15(18)20)9-10-5-4-6-11(16)14(10)17/h2-8H,9H2,1H3. The Hall–Kier alpha value is -2.43. The number of imidazole rings is 1. The van der Waals surface area contributed by atoms with Crippen LogP contribution in [0.25, 0.3) is 11.0 Å². The zero-order chi connectivity index (χ0) is 14.3. The Morgan fingerprint density at radius 1 is 1.00 bits per heavy atom. The molecule has 1 heterocycles. The third kappa shape index (κ3) is 1.82. The van der Waals surface area contributed by atoms with Gasteiger partial charge in [0.1, 0.15) is 0 Å². The molecule has 0 aliphatic rings. The van der Waals surface area contributed by atoms with Crippen molar-refractivity contribution in [2.75, 3.05) is 0 Å². The molecule has 0 N–H and O–H groups in total. The van der Waals surface area contributed by atoms with E-state index < -0.39 is 11.6 Å². The molecular formula is C15H12F2N2O. The number of aromatic nitrogens is 2. The Morgan fingerprint density at radius 2 is 1.70 bits per heavy atom. The van der Waals surface area contributed by atoms with Gasteiger partial charge in [0, 0.05) is 12.6 Å². The number of aryl methyl sites for hydroxylation is 1. The lowest BCUT2D eigenvalue weighted by Crippen LogP contribution is -2.23. The van der Waals surface area contributed by atoms with Gasteiger partial charge in [-0.05, 0) is 18.2 Å². The first-order valence-electron chi connectivity index (χ1n) is 6.16. The second kappa shape index (κ2) is 4.59. The van der Waals surface area contributed by atoms with Gasteiger partial charge in [0.05, 0.1) is 17.6 Å². The summed E-state index contributed by atoms with van der Waals surface area (Å²) in [5.74, 6) is -1.82. The van der Waals surface area contributed by atoms with Crippen molar-refractivity contribution in [3.63, 3.8) is 0 Å². The number of hydrogen-bond donors (Lipinski definition) is 0. The molecule has 0 amide bonds. The van der Waals surface area contributed by atoms with Crippen LogP contribution in [0.15, 0.2) is 47.3 Å². The van der Waals surface area contributed by atoms with E-state index in [2.05, 4.69) is 0 Å². The highest BCUT2D eigenvalue weighted by Crippen LogP contribution is 2.16. The fourth-order valence-corrected chi connectivity index (χ4v) is 2.36. The van der Waals surface area contributed by atoms with Crippen molar-refractivity contribution < 1.29 is 8.78 Å². The first-order chi connectivity index (χ1) is 9.59. The summed E-state index contributed by atoms with van der Waals surface area (Å²) in [4.78, 5) is 12.2. The molecule has 0 aliphatic carbocycles. The maximum absolute atomic E-state index is 13.7. The molecule has 0 aliphatic heterocycles. The van der Waals surface area contributed by atoms with E-state index in [4.69, 9.17) is 0 Å². The van der Waals surface area contributed by atoms with E-state index in [1.165, 1.54) is 21.3 Å². The van der Waals surface area contributed by atoms with E-state index in [-0.39, 0.29) is 17.8 Å². The molecule has 1 aromatic heterocycles. The van der Waals surface area contributed by atoms with Crippen molar-refractivity contribution in [3.8, 4) is 0 Å². The summed E-state index contributed by atoms with van der Waals surface area (Å²) in [7, 11) is 1.66. The molecule has 3 nitrogen and oxygen atoms in total. The van der Waals surface area contributed by atoms with Crippen molar-refractivity contribution in [3.05, 3.63) is 70.1 Å². The molecule has 3 rings (SSSR count). The minimum absolute atomic E-state index is 0.00375. The van der Waals surface area contributed by atoms with Crippen molar-refractivity contribution >= 4 is 11.0 Å². The van der Waals surface area contributed by atoms with Crippen LogP contribution in [-0.4, -0.2) is 9.13 Å². The Balaban J connectivity index is 2.19. The van der Waals surface area contributed by atoms with Crippen LogP contribution < -0.4 is 5.69 Å². The van der Waals surface area contributed by atoms with Gasteiger partial charge in [-0.25, -0.2) is 13.6 Å². The van der Waals surface area contributed by atoms with Gasteiger partial charge in [-0.2, -0.15) is 0 Å². The van der Waals surface area contributed by atoms with Crippen LogP contribution in [0, 0.1) is 11.6 Å². The highest BCUT2D eigenvalue weighted by Gasteiger charge is 2.13. The van der Waals surface area contributed by atoms with Crippen LogP contribution in [0.2, 0.25) is 0 Å². The Kier molecular flexibility index (Phi) is 2.89. The Labute approximate surface area is 113 Å². The highest BCUT2D eigenvalue weighted by molar-refractivity contribution is 5.75. The lowest BCUT2D eigenvalue weighted by atomic mass is 10.2. The molecule has 3 aromatic rings. The average molecular weight is 274 g/mol. The van der Waals surface area contributed by atoms with Gasteiger partial charge in [-0.3, -0.25) is 9.13 Å². The molecule has 0 saturated heterocycles.